The van der Waals surface area contributed by atoms with Crippen molar-refractivity contribution in [2.24, 2.45) is 0 Å². The number of pyridine rings is 1. The molecule has 5 heteroatoms. The van der Waals surface area contributed by atoms with E-state index >= 15 is 0 Å². The highest BCUT2D eigenvalue weighted by molar-refractivity contribution is 6.29. The van der Waals surface area contributed by atoms with E-state index in [-0.39, 0.29) is 5.97 Å². The summed E-state index contributed by atoms with van der Waals surface area (Å²) in [4.78, 5) is 17.9. The van der Waals surface area contributed by atoms with Crippen molar-refractivity contribution in [2.45, 2.75) is 32.4 Å². The van der Waals surface area contributed by atoms with E-state index in [1.807, 2.05) is 19.1 Å². The number of halogens is 1. The minimum Gasteiger partial charge on any atom is -0.465 e. The van der Waals surface area contributed by atoms with Crippen molar-refractivity contribution in [3.8, 4) is 0 Å². The molecule has 18 heavy (non-hydrogen) atoms. The summed E-state index contributed by atoms with van der Waals surface area (Å²) in [6, 6.07) is 6.03. The predicted octanol–water partition coefficient (Wildman–Crippen LogP) is 2.26. The van der Waals surface area contributed by atoms with Crippen molar-refractivity contribution in [1.82, 2.24) is 9.88 Å². The highest BCUT2D eigenvalue weighted by Gasteiger charge is 2.30. The standard InChI is InChI=1S/C13H17ClN2O2/c1-2-18-13(17)9-16(11-6-7-11)8-10-4-3-5-12(14)15-10/h3-5,11H,2,6-9H2,1H3. The summed E-state index contributed by atoms with van der Waals surface area (Å²) < 4.78 is 4.98. The minimum absolute atomic E-state index is 0.175. The van der Waals surface area contributed by atoms with Gasteiger partial charge in [0.05, 0.1) is 18.8 Å². The van der Waals surface area contributed by atoms with Crippen molar-refractivity contribution in [1.29, 1.82) is 0 Å². The molecule has 0 radical (unpaired) electrons. The molecule has 0 aromatic carbocycles. The molecule has 0 atom stereocenters. The van der Waals surface area contributed by atoms with Crippen LogP contribution in [0.3, 0.4) is 0 Å². The maximum atomic E-state index is 11.5. The smallest absolute Gasteiger partial charge is 0.320 e. The van der Waals surface area contributed by atoms with Crippen LogP contribution < -0.4 is 0 Å². The van der Waals surface area contributed by atoms with Gasteiger partial charge in [0.1, 0.15) is 5.15 Å². The average Bonchev–Trinajstić information content (AvgIpc) is 3.12. The van der Waals surface area contributed by atoms with Gasteiger partial charge in [0.2, 0.25) is 0 Å². The van der Waals surface area contributed by atoms with Gasteiger partial charge in [-0.25, -0.2) is 4.98 Å². The number of ether oxygens (including phenoxy) is 1. The first-order chi connectivity index (χ1) is 8.69. The summed E-state index contributed by atoms with van der Waals surface area (Å²) in [6.07, 6.45) is 2.28. The zero-order valence-electron chi connectivity index (χ0n) is 10.4. The Bertz CT molecular complexity index is 421. The highest BCUT2D eigenvalue weighted by atomic mass is 35.5. The van der Waals surface area contributed by atoms with E-state index in [4.69, 9.17) is 16.3 Å². The maximum absolute atomic E-state index is 11.5. The maximum Gasteiger partial charge on any atom is 0.320 e. The topological polar surface area (TPSA) is 42.4 Å². The monoisotopic (exact) mass is 268 g/mol. The summed E-state index contributed by atoms with van der Waals surface area (Å²) in [7, 11) is 0. The van der Waals surface area contributed by atoms with Crippen molar-refractivity contribution in [3.05, 3.63) is 29.0 Å². The lowest BCUT2D eigenvalue weighted by atomic mass is 10.3. The van der Waals surface area contributed by atoms with Crippen LogP contribution in [0.15, 0.2) is 18.2 Å². The van der Waals surface area contributed by atoms with E-state index in [9.17, 15) is 4.79 Å². The molecule has 1 aliphatic rings. The van der Waals surface area contributed by atoms with Gasteiger partial charge in [-0.05, 0) is 31.9 Å². The first-order valence-corrected chi connectivity index (χ1v) is 6.58. The molecule has 1 aromatic heterocycles. The highest BCUT2D eigenvalue weighted by Crippen LogP contribution is 2.28. The molecule has 1 fully saturated rings. The third kappa shape index (κ3) is 3.96. The van der Waals surface area contributed by atoms with Crippen molar-refractivity contribution in [2.75, 3.05) is 13.2 Å². The molecule has 0 N–H and O–H groups in total. The molecule has 0 amide bonds. The van der Waals surface area contributed by atoms with Crippen LogP contribution in [-0.2, 0) is 16.1 Å². The second kappa shape index (κ2) is 6.16. The molecule has 0 spiro atoms. The summed E-state index contributed by atoms with van der Waals surface area (Å²) in [5.41, 5.74) is 0.888. The fraction of sp³-hybridized carbons (Fsp3) is 0.538. The van der Waals surface area contributed by atoms with Crippen LogP contribution in [0.25, 0.3) is 0 Å². The second-order valence-electron chi connectivity index (χ2n) is 4.39. The van der Waals surface area contributed by atoms with Crippen LogP contribution in [-0.4, -0.2) is 35.0 Å². The molecular formula is C13H17ClN2O2. The van der Waals surface area contributed by atoms with E-state index < -0.39 is 0 Å². The number of esters is 1. The Kier molecular flexibility index (Phi) is 4.55. The van der Waals surface area contributed by atoms with Gasteiger partial charge in [-0.1, -0.05) is 17.7 Å². The predicted molar refractivity (Wildman–Crippen MR) is 69.3 cm³/mol. The normalized spacial score (nSPS) is 14.8. The molecule has 1 saturated carbocycles. The first-order valence-electron chi connectivity index (χ1n) is 6.20. The Hall–Kier alpha value is -1.13. The number of hydrogen-bond acceptors (Lipinski definition) is 4. The molecule has 2 rings (SSSR count). The summed E-state index contributed by atoms with van der Waals surface area (Å²) >= 11 is 5.86. The number of nitrogens with zero attached hydrogens (tertiary/aromatic N) is 2. The molecule has 1 heterocycles. The van der Waals surface area contributed by atoms with Gasteiger partial charge in [0.15, 0.2) is 0 Å². The van der Waals surface area contributed by atoms with E-state index in [0.717, 1.165) is 18.5 Å². The first kappa shape index (κ1) is 13.3. The third-order valence-electron chi connectivity index (χ3n) is 2.84. The van der Waals surface area contributed by atoms with E-state index in [1.165, 1.54) is 0 Å². The van der Waals surface area contributed by atoms with Gasteiger partial charge in [-0.3, -0.25) is 9.69 Å². The lowest BCUT2D eigenvalue weighted by Gasteiger charge is -2.20. The summed E-state index contributed by atoms with van der Waals surface area (Å²) in [6.45, 7) is 3.21. The van der Waals surface area contributed by atoms with Crippen LogP contribution in [0.2, 0.25) is 5.15 Å². The van der Waals surface area contributed by atoms with Gasteiger partial charge < -0.3 is 4.74 Å². The van der Waals surface area contributed by atoms with E-state index in [1.54, 1.807) is 6.07 Å². The zero-order chi connectivity index (χ0) is 13.0. The van der Waals surface area contributed by atoms with Gasteiger partial charge in [0, 0.05) is 12.6 Å². The Balaban J connectivity index is 1.96. The molecule has 0 bridgehead atoms. The van der Waals surface area contributed by atoms with Gasteiger partial charge in [-0.2, -0.15) is 0 Å². The van der Waals surface area contributed by atoms with Crippen molar-refractivity contribution in [3.63, 3.8) is 0 Å². The number of carbonyl (C=O) groups is 1. The average molecular weight is 269 g/mol. The lowest BCUT2D eigenvalue weighted by molar-refractivity contribution is -0.144. The Morgan fingerprint density at radius 3 is 2.94 bits per heavy atom. The second-order valence-corrected chi connectivity index (χ2v) is 4.78. The largest absolute Gasteiger partial charge is 0.465 e. The van der Waals surface area contributed by atoms with Gasteiger partial charge >= 0.3 is 5.97 Å². The van der Waals surface area contributed by atoms with Crippen molar-refractivity contribution >= 4 is 17.6 Å². The molecule has 0 saturated heterocycles. The Morgan fingerprint density at radius 2 is 2.33 bits per heavy atom. The van der Waals surface area contributed by atoms with Crippen LogP contribution in [0.4, 0.5) is 0 Å². The number of carbonyl (C=O) groups excluding carboxylic acids is 1. The van der Waals surface area contributed by atoms with Gasteiger partial charge in [-0.15, -0.1) is 0 Å². The number of hydrogen-bond donors (Lipinski definition) is 0. The molecule has 1 aliphatic carbocycles. The van der Waals surface area contributed by atoms with Crippen LogP contribution in [0.1, 0.15) is 25.5 Å². The number of aromatic nitrogens is 1. The molecule has 0 unspecified atom stereocenters. The molecule has 0 aliphatic heterocycles. The lowest BCUT2D eigenvalue weighted by Crippen LogP contribution is -2.32. The van der Waals surface area contributed by atoms with Crippen LogP contribution in [0.5, 0.6) is 0 Å². The SMILES string of the molecule is CCOC(=O)CN(Cc1cccc(Cl)n1)C1CC1. The minimum atomic E-state index is -0.175. The van der Waals surface area contributed by atoms with Crippen LogP contribution >= 0.6 is 11.6 Å². The van der Waals surface area contributed by atoms with E-state index in [2.05, 4.69) is 9.88 Å². The zero-order valence-corrected chi connectivity index (χ0v) is 11.2. The van der Waals surface area contributed by atoms with Crippen molar-refractivity contribution < 1.29 is 9.53 Å². The van der Waals surface area contributed by atoms with E-state index in [0.29, 0.717) is 30.9 Å². The molecular weight excluding hydrogens is 252 g/mol. The summed E-state index contributed by atoms with van der Waals surface area (Å²) in [5.74, 6) is -0.175. The number of rotatable bonds is 6. The summed E-state index contributed by atoms with van der Waals surface area (Å²) in [5, 5.41) is 0.486. The molecule has 4 nitrogen and oxygen atoms in total. The van der Waals surface area contributed by atoms with Gasteiger partial charge in [0.25, 0.3) is 0 Å². The van der Waals surface area contributed by atoms with Crippen LogP contribution in [0, 0.1) is 0 Å². The molecule has 98 valence electrons. The third-order valence-corrected chi connectivity index (χ3v) is 3.05. The molecule has 1 aromatic rings. The fourth-order valence-electron chi connectivity index (χ4n) is 1.87. The fourth-order valence-corrected chi connectivity index (χ4v) is 2.05. The Labute approximate surface area is 112 Å². The quantitative estimate of drug-likeness (QED) is 0.586. The Morgan fingerprint density at radius 1 is 1.56 bits per heavy atom.